The summed E-state index contributed by atoms with van der Waals surface area (Å²) in [5.41, 5.74) is 2.86. The number of hydrogen-bond donors (Lipinski definition) is 0. The highest BCUT2D eigenvalue weighted by Gasteiger charge is 2.40. The molecule has 1 aromatic carbocycles. The van der Waals surface area contributed by atoms with Crippen LogP contribution in [0.3, 0.4) is 0 Å². The average molecular weight is 301 g/mol. The average Bonchev–Trinajstić information content (AvgIpc) is 2.79. The molecule has 2 rings (SSSR count). The number of likely N-dealkylation sites (tertiary alicyclic amines) is 1. The van der Waals surface area contributed by atoms with E-state index < -0.39 is 0 Å². The van der Waals surface area contributed by atoms with E-state index in [-0.39, 0.29) is 11.6 Å². The van der Waals surface area contributed by atoms with Gasteiger partial charge >= 0.3 is 0 Å². The molecular weight excluding hydrogens is 270 g/mol. The molecule has 0 spiro atoms. The maximum atomic E-state index is 6.27. The normalized spacial score (nSPS) is 23.9. The molecule has 2 atom stereocenters. The van der Waals surface area contributed by atoms with E-state index in [1.54, 1.807) is 0 Å². The van der Waals surface area contributed by atoms with Crippen molar-refractivity contribution in [2.75, 3.05) is 20.2 Å². The molecule has 1 saturated heterocycles. The molecule has 2 unspecified atom stereocenters. The second kappa shape index (κ2) is 7.94. The highest BCUT2D eigenvalue weighted by molar-refractivity contribution is 5.16. The lowest BCUT2D eigenvalue weighted by molar-refractivity contribution is -0.0158. The smallest absolute Gasteiger partial charge is 0.0657 e. The standard InChI is InChI=1S/C20H31NO/c1-5-6-12-20(14-17(2)15-21(20)4)16-22-18(3)13-19-10-8-7-9-11-19/h7-11,18H,2,5-6,12-16H2,1,3-4H3. The van der Waals surface area contributed by atoms with Gasteiger partial charge in [-0.2, -0.15) is 0 Å². The maximum absolute atomic E-state index is 6.27. The fourth-order valence-electron chi connectivity index (χ4n) is 3.48. The molecule has 1 heterocycles. The third-order valence-electron chi connectivity index (χ3n) is 4.85. The molecule has 0 saturated carbocycles. The van der Waals surface area contributed by atoms with Gasteiger partial charge in [0.15, 0.2) is 0 Å². The molecule has 1 aliphatic rings. The van der Waals surface area contributed by atoms with Gasteiger partial charge < -0.3 is 4.74 Å². The minimum absolute atomic E-state index is 0.165. The van der Waals surface area contributed by atoms with E-state index in [1.165, 1.54) is 30.4 Å². The summed E-state index contributed by atoms with van der Waals surface area (Å²) >= 11 is 0. The topological polar surface area (TPSA) is 12.5 Å². The largest absolute Gasteiger partial charge is 0.376 e. The van der Waals surface area contributed by atoms with Gasteiger partial charge in [0.05, 0.1) is 12.7 Å². The maximum Gasteiger partial charge on any atom is 0.0657 e. The summed E-state index contributed by atoms with van der Waals surface area (Å²) in [4.78, 5) is 2.46. The molecular formula is C20H31NO. The predicted molar refractivity (Wildman–Crippen MR) is 94.2 cm³/mol. The Morgan fingerprint density at radius 3 is 2.64 bits per heavy atom. The van der Waals surface area contributed by atoms with Crippen LogP contribution in [-0.2, 0) is 11.2 Å². The van der Waals surface area contributed by atoms with Crippen LogP contribution in [0.2, 0.25) is 0 Å². The molecule has 0 aliphatic carbocycles. The zero-order valence-corrected chi connectivity index (χ0v) is 14.5. The Hall–Kier alpha value is -1.12. The molecule has 0 amide bonds. The van der Waals surface area contributed by atoms with Gasteiger partial charge in [-0.15, -0.1) is 0 Å². The van der Waals surface area contributed by atoms with Crippen LogP contribution in [-0.4, -0.2) is 36.7 Å². The monoisotopic (exact) mass is 301 g/mol. The number of likely N-dealkylation sites (N-methyl/N-ethyl adjacent to an activating group) is 1. The molecule has 0 aromatic heterocycles. The summed E-state index contributed by atoms with van der Waals surface area (Å²) < 4.78 is 6.27. The zero-order chi connectivity index (χ0) is 16.0. The van der Waals surface area contributed by atoms with Crippen LogP contribution < -0.4 is 0 Å². The van der Waals surface area contributed by atoms with E-state index in [0.29, 0.717) is 0 Å². The Balaban J connectivity index is 1.92. The van der Waals surface area contributed by atoms with E-state index in [1.807, 2.05) is 0 Å². The van der Waals surface area contributed by atoms with Crippen LogP contribution in [0.5, 0.6) is 0 Å². The molecule has 1 aliphatic heterocycles. The molecule has 0 N–H and O–H groups in total. The summed E-state index contributed by atoms with van der Waals surface area (Å²) in [6, 6.07) is 10.6. The van der Waals surface area contributed by atoms with Gasteiger partial charge in [0.1, 0.15) is 0 Å². The highest BCUT2D eigenvalue weighted by atomic mass is 16.5. The molecule has 1 aromatic rings. The second-order valence-electron chi connectivity index (χ2n) is 6.92. The molecule has 22 heavy (non-hydrogen) atoms. The molecule has 122 valence electrons. The van der Waals surface area contributed by atoms with Crippen LogP contribution in [0.4, 0.5) is 0 Å². The number of nitrogens with zero attached hydrogens (tertiary/aromatic N) is 1. The van der Waals surface area contributed by atoms with Gasteiger partial charge in [-0.25, -0.2) is 0 Å². The minimum atomic E-state index is 0.165. The molecule has 2 nitrogen and oxygen atoms in total. The fourth-order valence-corrected chi connectivity index (χ4v) is 3.48. The Morgan fingerprint density at radius 1 is 1.32 bits per heavy atom. The quantitative estimate of drug-likeness (QED) is 0.658. The first-order valence-corrected chi connectivity index (χ1v) is 8.59. The Morgan fingerprint density at radius 2 is 2.05 bits per heavy atom. The minimum Gasteiger partial charge on any atom is -0.376 e. The number of rotatable bonds is 8. The summed E-state index contributed by atoms with van der Waals surface area (Å²) in [7, 11) is 2.22. The van der Waals surface area contributed by atoms with Crippen molar-refractivity contribution in [2.45, 2.75) is 57.6 Å². The van der Waals surface area contributed by atoms with E-state index in [4.69, 9.17) is 4.74 Å². The van der Waals surface area contributed by atoms with Crippen molar-refractivity contribution < 1.29 is 4.74 Å². The predicted octanol–water partition coefficient (Wildman–Crippen LogP) is 4.45. The van der Waals surface area contributed by atoms with Gasteiger partial charge in [0.2, 0.25) is 0 Å². The first kappa shape index (κ1) is 17.2. The first-order valence-electron chi connectivity index (χ1n) is 8.59. The molecule has 0 bridgehead atoms. The van der Waals surface area contributed by atoms with Crippen molar-refractivity contribution >= 4 is 0 Å². The van der Waals surface area contributed by atoms with Crippen LogP contribution >= 0.6 is 0 Å². The lowest BCUT2D eigenvalue weighted by Gasteiger charge is -2.36. The van der Waals surface area contributed by atoms with Crippen molar-refractivity contribution in [1.82, 2.24) is 4.90 Å². The SMILES string of the molecule is C=C1CN(C)C(CCCC)(COC(C)Cc2ccccc2)C1. The Kier molecular flexibility index (Phi) is 6.22. The zero-order valence-electron chi connectivity index (χ0n) is 14.5. The van der Waals surface area contributed by atoms with Gasteiger partial charge in [0.25, 0.3) is 0 Å². The summed E-state index contributed by atoms with van der Waals surface area (Å²) in [6.07, 6.45) is 6.02. The third-order valence-corrected chi connectivity index (χ3v) is 4.85. The number of ether oxygens (including phenoxy) is 1. The van der Waals surface area contributed by atoms with Crippen molar-refractivity contribution in [1.29, 1.82) is 0 Å². The summed E-state index contributed by atoms with van der Waals surface area (Å²) in [5, 5.41) is 0. The fraction of sp³-hybridized carbons (Fsp3) is 0.600. The second-order valence-corrected chi connectivity index (χ2v) is 6.92. The molecule has 1 fully saturated rings. The van der Waals surface area contributed by atoms with Crippen LogP contribution in [0.1, 0.15) is 45.1 Å². The van der Waals surface area contributed by atoms with Crippen molar-refractivity contribution in [3.05, 3.63) is 48.0 Å². The van der Waals surface area contributed by atoms with Gasteiger partial charge in [-0.3, -0.25) is 4.90 Å². The van der Waals surface area contributed by atoms with Crippen LogP contribution in [0.15, 0.2) is 42.5 Å². The van der Waals surface area contributed by atoms with Gasteiger partial charge in [-0.05, 0) is 38.8 Å². The lowest BCUT2D eigenvalue weighted by Crippen LogP contribution is -2.46. The van der Waals surface area contributed by atoms with Crippen LogP contribution in [0.25, 0.3) is 0 Å². The summed E-state index contributed by atoms with van der Waals surface area (Å²) in [5.74, 6) is 0. The van der Waals surface area contributed by atoms with Gasteiger partial charge in [-0.1, -0.05) is 62.2 Å². The number of hydrogen-bond acceptors (Lipinski definition) is 2. The van der Waals surface area contributed by atoms with Crippen molar-refractivity contribution in [3.8, 4) is 0 Å². The van der Waals surface area contributed by atoms with Crippen molar-refractivity contribution in [2.24, 2.45) is 0 Å². The number of unbranched alkanes of at least 4 members (excludes halogenated alkanes) is 1. The number of benzene rings is 1. The molecule has 2 heteroatoms. The van der Waals surface area contributed by atoms with Crippen molar-refractivity contribution in [3.63, 3.8) is 0 Å². The van der Waals surface area contributed by atoms with E-state index >= 15 is 0 Å². The van der Waals surface area contributed by atoms with E-state index in [2.05, 4.69) is 62.7 Å². The third kappa shape index (κ3) is 4.44. The Labute approximate surface area is 136 Å². The van der Waals surface area contributed by atoms with Gasteiger partial charge in [0, 0.05) is 12.1 Å². The van der Waals surface area contributed by atoms with Crippen LogP contribution in [0, 0.1) is 0 Å². The van der Waals surface area contributed by atoms with E-state index in [0.717, 1.165) is 26.0 Å². The first-order chi connectivity index (χ1) is 10.6. The molecule has 0 radical (unpaired) electrons. The highest BCUT2D eigenvalue weighted by Crippen LogP contribution is 2.35. The summed E-state index contributed by atoms with van der Waals surface area (Å²) in [6.45, 7) is 10.5. The Bertz CT molecular complexity index is 470. The lowest BCUT2D eigenvalue weighted by atomic mass is 9.89. The van der Waals surface area contributed by atoms with E-state index in [9.17, 15) is 0 Å².